The fourth-order valence-electron chi connectivity index (χ4n) is 2.96. The SMILES string of the molecule is O=C(N[C@@H]1CCCC[C@H]1O)c1cc(Br)cnc1OCc1ccccc1. The van der Waals surface area contributed by atoms with Gasteiger partial charge in [0.05, 0.1) is 12.1 Å². The van der Waals surface area contributed by atoms with E-state index in [0.29, 0.717) is 16.6 Å². The molecule has 1 heterocycles. The van der Waals surface area contributed by atoms with Crippen molar-refractivity contribution in [1.82, 2.24) is 10.3 Å². The maximum atomic E-state index is 12.7. The third-order valence-electron chi connectivity index (χ3n) is 4.33. The van der Waals surface area contributed by atoms with Crippen LogP contribution in [0, 0.1) is 0 Å². The molecule has 2 aromatic rings. The summed E-state index contributed by atoms with van der Waals surface area (Å²) >= 11 is 3.35. The Bertz CT molecular complexity index is 724. The summed E-state index contributed by atoms with van der Waals surface area (Å²) in [5, 5.41) is 13.0. The summed E-state index contributed by atoms with van der Waals surface area (Å²) in [5.74, 6) is 0.0117. The van der Waals surface area contributed by atoms with Crippen LogP contribution < -0.4 is 10.1 Å². The van der Waals surface area contributed by atoms with Crippen molar-refractivity contribution in [3.05, 3.63) is 58.2 Å². The summed E-state index contributed by atoms with van der Waals surface area (Å²) in [6.07, 6.45) is 4.62. The van der Waals surface area contributed by atoms with Gasteiger partial charge in [0.1, 0.15) is 12.2 Å². The monoisotopic (exact) mass is 404 g/mol. The molecule has 1 aliphatic carbocycles. The first kappa shape index (κ1) is 17.9. The molecule has 3 rings (SSSR count). The minimum Gasteiger partial charge on any atom is -0.472 e. The highest BCUT2D eigenvalue weighted by Gasteiger charge is 2.26. The van der Waals surface area contributed by atoms with E-state index in [0.717, 1.165) is 31.2 Å². The lowest BCUT2D eigenvalue weighted by Gasteiger charge is -2.28. The molecule has 0 unspecified atom stereocenters. The maximum absolute atomic E-state index is 12.7. The van der Waals surface area contributed by atoms with Gasteiger partial charge in [0.15, 0.2) is 0 Å². The van der Waals surface area contributed by atoms with Gasteiger partial charge in [0, 0.05) is 10.7 Å². The Kier molecular flexibility index (Phi) is 6.04. The van der Waals surface area contributed by atoms with E-state index in [1.54, 1.807) is 12.3 Å². The van der Waals surface area contributed by atoms with Gasteiger partial charge in [-0.1, -0.05) is 43.2 Å². The number of halogens is 1. The molecule has 1 aliphatic rings. The molecule has 0 spiro atoms. The highest BCUT2D eigenvalue weighted by atomic mass is 79.9. The Hall–Kier alpha value is -1.92. The Balaban J connectivity index is 1.72. The number of aromatic nitrogens is 1. The molecular weight excluding hydrogens is 384 g/mol. The van der Waals surface area contributed by atoms with Crippen LogP contribution in [0.3, 0.4) is 0 Å². The fourth-order valence-corrected chi connectivity index (χ4v) is 3.29. The van der Waals surface area contributed by atoms with Gasteiger partial charge in [0.2, 0.25) is 5.88 Å². The zero-order valence-corrected chi connectivity index (χ0v) is 15.4. The molecule has 2 atom stereocenters. The van der Waals surface area contributed by atoms with Gasteiger partial charge in [-0.15, -0.1) is 0 Å². The average Bonchev–Trinajstić information content (AvgIpc) is 2.63. The van der Waals surface area contributed by atoms with Crippen LogP contribution in [0.2, 0.25) is 0 Å². The Morgan fingerprint density at radius 1 is 1.28 bits per heavy atom. The Morgan fingerprint density at radius 2 is 2.04 bits per heavy atom. The van der Waals surface area contributed by atoms with Crippen molar-refractivity contribution < 1.29 is 14.6 Å². The lowest BCUT2D eigenvalue weighted by molar-refractivity contribution is 0.0713. The van der Waals surface area contributed by atoms with Crippen LogP contribution in [-0.4, -0.2) is 28.1 Å². The van der Waals surface area contributed by atoms with Crippen molar-refractivity contribution >= 4 is 21.8 Å². The van der Waals surface area contributed by atoms with E-state index in [1.807, 2.05) is 30.3 Å². The van der Waals surface area contributed by atoms with E-state index in [4.69, 9.17) is 4.74 Å². The van der Waals surface area contributed by atoms with Crippen LogP contribution in [0.4, 0.5) is 0 Å². The number of hydrogen-bond donors (Lipinski definition) is 2. The molecular formula is C19H21BrN2O3. The van der Waals surface area contributed by atoms with Crippen LogP contribution in [0.1, 0.15) is 41.6 Å². The largest absolute Gasteiger partial charge is 0.472 e. The molecule has 0 aliphatic heterocycles. The van der Waals surface area contributed by atoms with Gasteiger partial charge in [0.25, 0.3) is 5.91 Å². The summed E-state index contributed by atoms with van der Waals surface area (Å²) in [4.78, 5) is 16.9. The first-order chi connectivity index (χ1) is 12.1. The second kappa shape index (κ2) is 8.45. The molecule has 0 radical (unpaired) electrons. The van der Waals surface area contributed by atoms with Crippen molar-refractivity contribution in [1.29, 1.82) is 0 Å². The molecule has 6 heteroatoms. The van der Waals surface area contributed by atoms with Crippen LogP contribution in [0.15, 0.2) is 47.1 Å². The minimum absolute atomic E-state index is 0.220. The first-order valence-corrected chi connectivity index (χ1v) is 9.24. The number of carbonyl (C=O) groups is 1. The standard InChI is InChI=1S/C19H21BrN2O3/c20-14-10-15(18(24)22-16-8-4-5-9-17(16)23)19(21-11-14)25-12-13-6-2-1-3-7-13/h1-3,6-7,10-11,16-17,23H,4-5,8-9,12H2,(H,22,24)/t16-,17-/m1/s1. The first-order valence-electron chi connectivity index (χ1n) is 8.44. The second-order valence-corrected chi connectivity index (χ2v) is 7.13. The van der Waals surface area contributed by atoms with Crippen molar-refractivity contribution in [3.63, 3.8) is 0 Å². The molecule has 1 aromatic heterocycles. The van der Waals surface area contributed by atoms with E-state index >= 15 is 0 Å². The van der Waals surface area contributed by atoms with Crippen LogP contribution in [-0.2, 0) is 6.61 Å². The van der Waals surface area contributed by atoms with Gasteiger partial charge in [-0.25, -0.2) is 4.98 Å². The molecule has 2 N–H and O–H groups in total. The number of amides is 1. The summed E-state index contributed by atoms with van der Waals surface area (Å²) < 4.78 is 6.46. The summed E-state index contributed by atoms with van der Waals surface area (Å²) in [6, 6.07) is 11.2. The Morgan fingerprint density at radius 3 is 2.80 bits per heavy atom. The predicted octanol–water partition coefficient (Wildman–Crippen LogP) is 3.46. The van der Waals surface area contributed by atoms with Crippen molar-refractivity contribution in [3.8, 4) is 5.88 Å². The van der Waals surface area contributed by atoms with Crippen LogP contribution in [0.25, 0.3) is 0 Å². The fraction of sp³-hybridized carbons (Fsp3) is 0.368. The molecule has 1 saturated carbocycles. The molecule has 0 bridgehead atoms. The van der Waals surface area contributed by atoms with Gasteiger partial charge in [-0.3, -0.25) is 4.79 Å². The number of aliphatic hydroxyl groups is 1. The molecule has 1 aromatic carbocycles. The highest BCUT2D eigenvalue weighted by Crippen LogP contribution is 2.23. The summed E-state index contributed by atoms with van der Waals surface area (Å²) in [7, 11) is 0. The van der Waals surface area contributed by atoms with Gasteiger partial charge >= 0.3 is 0 Å². The molecule has 5 nitrogen and oxygen atoms in total. The predicted molar refractivity (Wildman–Crippen MR) is 98.4 cm³/mol. The number of pyridine rings is 1. The maximum Gasteiger partial charge on any atom is 0.257 e. The van der Waals surface area contributed by atoms with Crippen LogP contribution >= 0.6 is 15.9 Å². The molecule has 1 fully saturated rings. The zero-order chi connectivity index (χ0) is 17.6. The van der Waals surface area contributed by atoms with E-state index in [1.165, 1.54) is 0 Å². The smallest absolute Gasteiger partial charge is 0.257 e. The third kappa shape index (κ3) is 4.80. The zero-order valence-electron chi connectivity index (χ0n) is 13.8. The Labute approximate surface area is 155 Å². The van der Waals surface area contributed by atoms with E-state index < -0.39 is 6.10 Å². The van der Waals surface area contributed by atoms with E-state index in [2.05, 4.69) is 26.2 Å². The number of rotatable bonds is 5. The lowest BCUT2D eigenvalue weighted by atomic mass is 9.92. The highest BCUT2D eigenvalue weighted by molar-refractivity contribution is 9.10. The van der Waals surface area contributed by atoms with Gasteiger partial charge < -0.3 is 15.2 Å². The van der Waals surface area contributed by atoms with Crippen molar-refractivity contribution in [2.24, 2.45) is 0 Å². The molecule has 1 amide bonds. The number of ether oxygens (including phenoxy) is 1. The van der Waals surface area contributed by atoms with Gasteiger partial charge in [-0.2, -0.15) is 0 Å². The third-order valence-corrected chi connectivity index (χ3v) is 4.76. The van der Waals surface area contributed by atoms with Gasteiger partial charge in [-0.05, 0) is 40.4 Å². The number of aliphatic hydroxyl groups excluding tert-OH is 1. The second-order valence-electron chi connectivity index (χ2n) is 6.21. The quantitative estimate of drug-likeness (QED) is 0.800. The number of nitrogens with one attached hydrogen (secondary N) is 1. The van der Waals surface area contributed by atoms with Crippen LogP contribution in [0.5, 0.6) is 5.88 Å². The molecule has 0 saturated heterocycles. The number of hydrogen-bond acceptors (Lipinski definition) is 4. The van der Waals surface area contributed by atoms with E-state index in [-0.39, 0.29) is 17.8 Å². The molecule has 132 valence electrons. The average molecular weight is 405 g/mol. The van der Waals surface area contributed by atoms with Crippen molar-refractivity contribution in [2.45, 2.75) is 44.4 Å². The van der Waals surface area contributed by atoms with Crippen molar-refractivity contribution in [2.75, 3.05) is 0 Å². The van der Waals surface area contributed by atoms with E-state index in [9.17, 15) is 9.90 Å². The number of carbonyl (C=O) groups excluding carboxylic acids is 1. The number of benzene rings is 1. The normalized spacial score (nSPS) is 20.1. The lowest BCUT2D eigenvalue weighted by Crippen LogP contribution is -2.45. The summed E-state index contributed by atoms with van der Waals surface area (Å²) in [6.45, 7) is 0.335. The topological polar surface area (TPSA) is 71.5 Å². The number of nitrogens with zero attached hydrogens (tertiary/aromatic N) is 1. The minimum atomic E-state index is -0.494. The molecule has 25 heavy (non-hydrogen) atoms. The summed E-state index contributed by atoms with van der Waals surface area (Å²) in [5.41, 5.74) is 1.37.